The third kappa shape index (κ3) is 5.09. The Kier molecular flexibility index (Phi) is 6.11. The summed E-state index contributed by atoms with van der Waals surface area (Å²) in [5, 5.41) is 13.7. The lowest BCUT2D eigenvalue weighted by Gasteiger charge is -2.31. The van der Waals surface area contributed by atoms with Crippen LogP contribution in [0, 0.1) is 0 Å². The molecule has 7 nitrogen and oxygen atoms in total. The summed E-state index contributed by atoms with van der Waals surface area (Å²) in [6, 6.07) is 9.00. The monoisotopic (exact) mass is 342 g/mol. The van der Waals surface area contributed by atoms with Crippen molar-refractivity contribution < 1.29 is 4.79 Å². The first-order valence-electron chi connectivity index (χ1n) is 8.97. The smallest absolute Gasteiger partial charge is 0.242 e. The fourth-order valence-corrected chi connectivity index (χ4v) is 3.45. The molecule has 0 aliphatic heterocycles. The van der Waals surface area contributed by atoms with Crippen LogP contribution >= 0.6 is 0 Å². The average Bonchev–Trinajstić information content (AvgIpc) is 3.14. The molecule has 1 aromatic carbocycles. The van der Waals surface area contributed by atoms with Crippen molar-refractivity contribution in [1.29, 1.82) is 0 Å². The summed E-state index contributed by atoms with van der Waals surface area (Å²) in [4.78, 5) is 14.5. The minimum Gasteiger partial charge on any atom is -0.350 e. The second kappa shape index (κ2) is 8.71. The summed E-state index contributed by atoms with van der Waals surface area (Å²) < 4.78 is 1.41. The largest absolute Gasteiger partial charge is 0.350 e. The number of tetrazole rings is 1. The van der Waals surface area contributed by atoms with Crippen LogP contribution in [0.25, 0.3) is 0 Å². The molecule has 1 aliphatic carbocycles. The van der Waals surface area contributed by atoms with Crippen LogP contribution in [0.5, 0.6) is 0 Å². The van der Waals surface area contributed by atoms with Crippen molar-refractivity contribution in [2.24, 2.45) is 0 Å². The van der Waals surface area contributed by atoms with Gasteiger partial charge in [0.1, 0.15) is 12.9 Å². The molecule has 3 rings (SSSR count). The highest BCUT2D eigenvalue weighted by Gasteiger charge is 2.18. The molecule has 25 heavy (non-hydrogen) atoms. The van der Waals surface area contributed by atoms with Crippen molar-refractivity contribution in [2.45, 2.75) is 57.8 Å². The normalized spacial score (nSPS) is 15.4. The van der Waals surface area contributed by atoms with Gasteiger partial charge in [-0.05, 0) is 41.4 Å². The quantitative estimate of drug-likeness (QED) is 0.830. The van der Waals surface area contributed by atoms with E-state index in [2.05, 4.69) is 51.0 Å². The standard InChI is InChI=1S/C18H26N6O/c1-23(17-9-3-2-4-10-17)12-16-8-6-5-7-15(16)11-19-18(25)13-24-14-20-21-22-24/h5-8,14,17H,2-4,9-13H2,1H3,(H,19,25). The third-order valence-corrected chi connectivity index (χ3v) is 4.91. The number of aromatic nitrogens is 4. The summed E-state index contributed by atoms with van der Waals surface area (Å²) in [5.74, 6) is -0.0947. The van der Waals surface area contributed by atoms with E-state index in [9.17, 15) is 4.79 Å². The zero-order valence-corrected chi connectivity index (χ0v) is 14.8. The Balaban J connectivity index is 1.55. The SMILES string of the molecule is CN(Cc1ccccc1CNC(=O)Cn1cnnn1)C1CCCCC1. The summed E-state index contributed by atoms with van der Waals surface area (Å²) in [5.41, 5.74) is 2.44. The van der Waals surface area contributed by atoms with Crippen molar-refractivity contribution in [2.75, 3.05) is 7.05 Å². The van der Waals surface area contributed by atoms with E-state index >= 15 is 0 Å². The number of rotatable bonds is 7. The van der Waals surface area contributed by atoms with Crippen LogP contribution < -0.4 is 5.32 Å². The van der Waals surface area contributed by atoms with Crippen LogP contribution in [-0.4, -0.2) is 44.1 Å². The lowest BCUT2D eigenvalue weighted by atomic mass is 9.94. The fourth-order valence-electron chi connectivity index (χ4n) is 3.45. The molecule has 0 radical (unpaired) electrons. The van der Waals surface area contributed by atoms with Crippen LogP contribution in [0.1, 0.15) is 43.2 Å². The maximum absolute atomic E-state index is 12.0. The zero-order valence-electron chi connectivity index (χ0n) is 14.8. The molecule has 0 saturated heterocycles. The molecule has 1 aliphatic rings. The number of nitrogens with one attached hydrogen (secondary N) is 1. The molecule has 2 aromatic rings. The Morgan fingerprint density at radius 2 is 2.00 bits per heavy atom. The second-order valence-corrected chi connectivity index (χ2v) is 6.76. The van der Waals surface area contributed by atoms with Crippen LogP contribution in [0.2, 0.25) is 0 Å². The van der Waals surface area contributed by atoms with Gasteiger partial charge in [-0.1, -0.05) is 43.5 Å². The Bertz CT molecular complexity index is 666. The van der Waals surface area contributed by atoms with E-state index in [1.54, 1.807) is 0 Å². The van der Waals surface area contributed by atoms with Gasteiger partial charge in [0.2, 0.25) is 5.91 Å². The van der Waals surface area contributed by atoms with E-state index in [1.165, 1.54) is 48.7 Å². The van der Waals surface area contributed by atoms with Crippen molar-refractivity contribution in [3.05, 3.63) is 41.7 Å². The Labute approximate surface area is 148 Å². The maximum atomic E-state index is 12.0. The van der Waals surface area contributed by atoms with Gasteiger partial charge in [-0.3, -0.25) is 9.69 Å². The Morgan fingerprint density at radius 3 is 2.72 bits per heavy atom. The number of carbonyl (C=O) groups is 1. The van der Waals surface area contributed by atoms with Gasteiger partial charge in [0.25, 0.3) is 0 Å². The molecule has 1 amide bonds. The molecule has 0 unspecified atom stereocenters. The predicted molar refractivity (Wildman–Crippen MR) is 94.4 cm³/mol. The van der Waals surface area contributed by atoms with E-state index in [-0.39, 0.29) is 12.5 Å². The number of carbonyl (C=O) groups excluding carboxylic acids is 1. The summed E-state index contributed by atoms with van der Waals surface area (Å²) in [6.07, 6.45) is 8.07. The maximum Gasteiger partial charge on any atom is 0.242 e. The molecule has 1 saturated carbocycles. The van der Waals surface area contributed by atoms with Crippen molar-refractivity contribution >= 4 is 5.91 Å². The molecule has 0 atom stereocenters. The molecule has 0 spiro atoms. The first-order valence-corrected chi connectivity index (χ1v) is 8.97. The Hall–Kier alpha value is -2.28. The van der Waals surface area contributed by atoms with Gasteiger partial charge in [-0.2, -0.15) is 0 Å². The molecule has 7 heteroatoms. The molecule has 1 fully saturated rings. The minimum atomic E-state index is -0.0947. The van der Waals surface area contributed by atoms with E-state index in [4.69, 9.17) is 0 Å². The molecular weight excluding hydrogens is 316 g/mol. The lowest BCUT2D eigenvalue weighted by Crippen LogP contribution is -2.33. The predicted octanol–water partition coefficient (Wildman–Crippen LogP) is 1.75. The molecule has 1 N–H and O–H groups in total. The number of hydrogen-bond acceptors (Lipinski definition) is 5. The molecule has 1 heterocycles. The molecule has 1 aromatic heterocycles. The Morgan fingerprint density at radius 1 is 1.24 bits per heavy atom. The van der Waals surface area contributed by atoms with Gasteiger partial charge in [-0.25, -0.2) is 4.68 Å². The number of amides is 1. The van der Waals surface area contributed by atoms with E-state index in [0.717, 1.165) is 12.1 Å². The van der Waals surface area contributed by atoms with Crippen LogP contribution in [0.4, 0.5) is 0 Å². The second-order valence-electron chi connectivity index (χ2n) is 6.76. The third-order valence-electron chi connectivity index (χ3n) is 4.91. The highest BCUT2D eigenvalue weighted by Crippen LogP contribution is 2.23. The molecule has 0 bridgehead atoms. The fraction of sp³-hybridized carbons (Fsp3) is 0.556. The van der Waals surface area contributed by atoms with Crippen LogP contribution in [0.15, 0.2) is 30.6 Å². The summed E-state index contributed by atoms with van der Waals surface area (Å²) in [7, 11) is 2.21. The average molecular weight is 342 g/mol. The number of benzene rings is 1. The van der Waals surface area contributed by atoms with E-state index in [0.29, 0.717) is 12.6 Å². The van der Waals surface area contributed by atoms with Crippen LogP contribution in [-0.2, 0) is 24.4 Å². The van der Waals surface area contributed by atoms with Crippen molar-refractivity contribution in [3.63, 3.8) is 0 Å². The molecular formula is C18H26N6O. The van der Waals surface area contributed by atoms with Gasteiger partial charge in [0.15, 0.2) is 0 Å². The minimum absolute atomic E-state index is 0.0947. The first kappa shape index (κ1) is 17.5. The number of nitrogens with zero attached hydrogens (tertiary/aromatic N) is 5. The zero-order chi connectivity index (χ0) is 17.5. The van der Waals surface area contributed by atoms with Crippen molar-refractivity contribution in [3.8, 4) is 0 Å². The highest BCUT2D eigenvalue weighted by atomic mass is 16.2. The van der Waals surface area contributed by atoms with Crippen molar-refractivity contribution in [1.82, 2.24) is 30.4 Å². The summed E-state index contributed by atoms with van der Waals surface area (Å²) in [6.45, 7) is 1.58. The topological polar surface area (TPSA) is 75.9 Å². The van der Waals surface area contributed by atoms with Gasteiger partial charge in [0, 0.05) is 19.1 Å². The van der Waals surface area contributed by atoms with Gasteiger partial charge in [-0.15, -0.1) is 5.10 Å². The van der Waals surface area contributed by atoms with Crippen LogP contribution in [0.3, 0.4) is 0 Å². The van der Waals surface area contributed by atoms with E-state index < -0.39 is 0 Å². The summed E-state index contributed by atoms with van der Waals surface area (Å²) >= 11 is 0. The van der Waals surface area contributed by atoms with Gasteiger partial charge >= 0.3 is 0 Å². The first-order chi connectivity index (χ1) is 12.2. The van der Waals surface area contributed by atoms with Gasteiger partial charge in [0.05, 0.1) is 0 Å². The molecule has 134 valence electrons. The van der Waals surface area contributed by atoms with E-state index in [1.807, 2.05) is 6.07 Å². The number of hydrogen-bond donors (Lipinski definition) is 1. The highest BCUT2D eigenvalue weighted by molar-refractivity contribution is 5.75. The lowest BCUT2D eigenvalue weighted by molar-refractivity contribution is -0.122. The van der Waals surface area contributed by atoms with Gasteiger partial charge < -0.3 is 5.32 Å².